The normalized spacial score (nSPS) is 24.3. The van der Waals surface area contributed by atoms with Crippen molar-refractivity contribution in [3.63, 3.8) is 0 Å². The molecule has 228 valence electrons. The van der Waals surface area contributed by atoms with Crippen LogP contribution in [0.15, 0.2) is 18.5 Å². The van der Waals surface area contributed by atoms with Gasteiger partial charge in [0.15, 0.2) is 0 Å². The molecule has 0 bridgehead atoms. The number of hydrogen-bond donors (Lipinski definition) is 0. The van der Waals surface area contributed by atoms with Gasteiger partial charge in [-0.05, 0) is 56.6 Å². The lowest BCUT2D eigenvalue weighted by molar-refractivity contribution is 0.0715. The Morgan fingerprint density at radius 2 is 1.69 bits per heavy atom. The summed E-state index contributed by atoms with van der Waals surface area (Å²) in [4.78, 5) is 28.2. The predicted octanol–water partition coefficient (Wildman–Crippen LogP) is 4.82. The highest BCUT2D eigenvalue weighted by molar-refractivity contribution is 6.76. The zero-order chi connectivity index (χ0) is 29.3. The van der Waals surface area contributed by atoms with E-state index in [1.807, 2.05) is 6.20 Å². The van der Waals surface area contributed by atoms with Crippen molar-refractivity contribution in [1.82, 2.24) is 24.3 Å². The lowest BCUT2D eigenvalue weighted by Gasteiger charge is -2.45. The average molecular weight is 592 g/mol. The Bertz CT molecular complexity index is 1280. The van der Waals surface area contributed by atoms with Crippen molar-refractivity contribution in [2.24, 2.45) is 5.92 Å². The smallest absolute Gasteiger partial charge is 0.259 e. The maximum atomic E-state index is 13.6. The van der Waals surface area contributed by atoms with Gasteiger partial charge in [-0.3, -0.25) is 9.69 Å². The predicted molar refractivity (Wildman–Crippen MR) is 169 cm³/mol. The number of nitriles is 1. The number of anilines is 1. The van der Waals surface area contributed by atoms with Crippen molar-refractivity contribution in [1.29, 1.82) is 5.26 Å². The summed E-state index contributed by atoms with van der Waals surface area (Å²) in [5, 5.41) is 9.97. The minimum Gasteiger partial charge on any atom is -0.361 e. The fourth-order valence-corrected chi connectivity index (χ4v) is 7.82. The number of rotatable bonds is 11. The molecule has 1 amide bonds. The fraction of sp³-hybridized carbons (Fsp3) is 0.719. The summed E-state index contributed by atoms with van der Waals surface area (Å²) in [6, 6.07) is 6.41. The Balaban J connectivity index is 1.13. The van der Waals surface area contributed by atoms with Crippen molar-refractivity contribution < 1.29 is 9.53 Å². The summed E-state index contributed by atoms with van der Waals surface area (Å²) in [5.74, 6) is 0.893. The Hall–Kier alpha value is -2.45. The molecule has 0 N–H and O–H groups in total. The topological polar surface area (TPSA) is 80.9 Å². The van der Waals surface area contributed by atoms with E-state index in [9.17, 15) is 4.79 Å². The van der Waals surface area contributed by atoms with Gasteiger partial charge in [0.05, 0.1) is 24.0 Å². The van der Waals surface area contributed by atoms with Crippen LogP contribution in [0.2, 0.25) is 25.7 Å². The molecule has 2 aromatic heterocycles. The van der Waals surface area contributed by atoms with Crippen molar-refractivity contribution in [3.05, 3.63) is 24.0 Å². The van der Waals surface area contributed by atoms with Gasteiger partial charge in [0.1, 0.15) is 12.4 Å². The second kappa shape index (κ2) is 12.6. The molecule has 10 heteroatoms. The van der Waals surface area contributed by atoms with Crippen LogP contribution in [0.1, 0.15) is 55.3 Å². The average Bonchev–Trinajstić information content (AvgIpc) is 3.74. The van der Waals surface area contributed by atoms with Gasteiger partial charge >= 0.3 is 0 Å². The molecule has 1 saturated heterocycles. The third kappa shape index (κ3) is 6.70. The van der Waals surface area contributed by atoms with Crippen LogP contribution in [0.5, 0.6) is 0 Å². The van der Waals surface area contributed by atoms with Crippen LogP contribution in [0.4, 0.5) is 5.69 Å². The highest BCUT2D eigenvalue weighted by Crippen LogP contribution is 2.42. The SMILES string of the molecule is C[Si](C)(C)CCOCn1ccc2c3c(cnc21)C(=O)N(C1CC1)CN3[C@H]1CC[C@H](CN2CCN(CCC#N)CC2)CC1. The van der Waals surface area contributed by atoms with Gasteiger partial charge in [0, 0.05) is 90.2 Å². The van der Waals surface area contributed by atoms with Gasteiger partial charge in [-0.2, -0.15) is 5.26 Å². The van der Waals surface area contributed by atoms with E-state index in [1.54, 1.807) is 0 Å². The molecule has 2 aliphatic heterocycles. The molecule has 3 fully saturated rings. The van der Waals surface area contributed by atoms with Crippen molar-refractivity contribution in [2.45, 2.75) is 89.4 Å². The molecule has 0 atom stereocenters. The van der Waals surface area contributed by atoms with Gasteiger partial charge < -0.3 is 24.0 Å². The molecule has 2 aliphatic carbocycles. The second-order valence-electron chi connectivity index (χ2n) is 14.2. The van der Waals surface area contributed by atoms with E-state index >= 15 is 0 Å². The Kier molecular flexibility index (Phi) is 8.92. The minimum atomic E-state index is -1.14. The first-order valence-electron chi connectivity index (χ1n) is 16.3. The van der Waals surface area contributed by atoms with Gasteiger partial charge in [0.2, 0.25) is 0 Å². The van der Waals surface area contributed by atoms with Crippen LogP contribution in [0, 0.1) is 17.2 Å². The zero-order valence-electron chi connectivity index (χ0n) is 25.9. The molecule has 6 rings (SSSR count). The maximum Gasteiger partial charge on any atom is 0.259 e. The second-order valence-corrected chi connectivity index (χ2v) is 19.9. The molecule has 2 saturated carbocycles. The van der Waals surface area contributed by atoms with Gasteiger partial charge in [-0.1, -0.05) is 19.6 Å². The quantitative estimate of drug-likeness (QED) is 0.274. The monoisotopic (exact) mass is 591 g/mol. The fourth-order valence-electron chi connectivity index (χ4n) is 7.06. The first-order valence-corrected chi connectivity index (χ1v) is 20.0. The number of aromatic nitrogens is 2. The van der Waals surface area contributed by atoms with Crippen molar-refractivity contribution in [2.75, 3.05) is 57.4 Å². The van der Waals surface area contributed by atoms with E-state index < -0.39 is 8.07 Å². The summed E-state index contributed by atoms with van der Waals surface area (Å²) in [6.45, 7) is 15.6. The molecule has 9 nitrogen and oxygen atoms in total. The molecule has 42 heavy (non-hydrogen) atoms. The first-order chi connectivity index (χ1) is 20.3. The van der Waals surface area contributed by atoms with Crippen LogP contribution >= 0.6 is 0 Å². The summed E-state index contributed by atoms with van der Waals surface area (Å²) >= 11 is 0. The van der Waals surface area contributed by atoms with Crippen LogP contribution in [-0.4, -0.2) is 103 Å². The van der Waals surface area contributed by atoms with E-state index in [2.05, 4.69) is 62.1 Å². The summed E-state index contributed by atoms with van der Waals surface area (Å²) in [5.41, 5.74) is 2.79. The molecule has 4 aliphatic rings. The van der Waals surface area contributed by atoms with Crippen LogP contribution in [-0.2, 0) is 11.5 Å². The van der Waals surface area contributed by atoms with Crippen molar-refractivity contribution >= 4 is 30.7 Å². The van der Waals surface area contributed by atoms with E-state index in [0.29, 0.717) is 31.9 Å². The molecule has 0 aromatic carbocycles. The maximum absolute atomic E-state index is 13.6. The number of carbonyl (C=O) groups excluding carboxylic acids is 1. The molecule has 2 aromatic rings. The number of hydrogen-bond acceptors (Lipinski definition) is 7. The molecule has 0 spiro atoms. The van der Waals surface area contributed by atoms with E-state index in [0.717, 1.165) is 86.4 Å². The van der Waals surface area contributed by atoms with Crippen molar-refractivity contribution in [3.8, 4) is 6.07 Å². The summed E-state index contributed by atoms with van der Waals surface area (Å²) < 4.78 is 8.18. The Morgan fingerprint density at radius 1 is 1.00 bits per heavy atom. The lowest BCUT2D eigenvalue weighted by Crippen LogP contribution is -2.53. The standard InChI is InChI=1S/C32H49N7O2Si/c1-42(2,3)20-19-41-24-37-14-11-28-30-29(21-34-31(28)37)32(40)39(27-9-10-27)23-38(30)26-7-5-25(6-8-26)22-36-17-15-35(16-18-36)13-4-12-33/h11,14,21,25-27H,4-10,13,15-20,22-24H2,1-3H3/t25-,26-. The van der Waals surface area contributed by atoms with E-state index in [4.69, 9.17) is 15.0 Å². The number of pyridine rings is 1. The van der Waals surface area contributed by atoms with E-state index in [1.165, 1.54) is 32.2 Å². The third-order valence-electron chi connectivity index (χ3n) is 9.84. The largest absolute Gasteiger partial charge is 0.361 e. The Morgan fingerprint density at radius 3 is 2.38 bits per heavy atom. The van der Waals surface area contributed by atoms with Gasteiger partial charge in [-0.15, -0.1) is 0 Å². The number of ether oxygens (including phenoxy) is 1. The molecular formula is C32H49N7O2Si. The Labute approximate surface area is 252 Å². The zero-order valence-corrected chi connectivity index (χ0v) is 26.9. The minimum absolute atomic E-state index is 0.153. The van der Waals surface area contributed by atoms with Crippen LogP contribution in [0.3, 0.4) is 0 Å². The van der Waals surface area contributed by atoms with Gasteiger partial charge in [0.25, 0.3) is 5.91 Å². The number of piperazine rings is 1. The number of fused-ring (bicyclic) bond motifs is 3. The van der Waals surface area contributed by atoms with Crippen LogP contribution in [0.25, 0.3) is 11.0 Å². The molecule has 4 heterocycles. The van der Waals surface area contributed by atoms with E-state index in [-0.39, 0.29) is 5.91 Å². The molecular weight excluding hydrogens is 542 g/mol. The summed E-state index contributed by atoms with van der Waals surface area (Å²) in [7, 11) is -1.14. The number of nitrogens with zero attached hydrogens (tertiary/aromatic N) is 7. The number of carbonyl (C=O) groups is 1. The molecule has 0 unspecified atom stereocenters. The third-order valence-corrected chi connectivity index (χ3v) is 11.5. The lowest BCUT2D eigenvalue weighted by atomic mass is 9.84. The van der Waals surface area contributed by atoms with Crippen LogP contribution < -0.4 is 4.90 Å². The highest BCUT2D eigenvalue weighted by Gasteiger charge is 2.42. The first kappa shape index (κ1) is 29.6. The molecule has 0 radical (unpaired) electrons. The summed E-state index contributed by atoms with van der Waals surface area (Å²) in [6.07, 6.45) is 11.6. The van der Waals surface area contributed by atoms with Gasteiger partial charge in [-0.25, -0.2) is 4.98 Å². The highest BCUT2D eigenvalue weighted by atomic mass is 28.3. The number of amides is 1.